The van der Waals surface area contributed by atoms with Crippen molar-refractivity contribution in [3.63, 3.8) is 0 Å². The number of thiazole rings is 1. The number of anilines is 1. The first-order valence-electron chi connectivity index (χ1n) is 10.2. The Morgan fingerprint density at radius 1 is 1.03 bits per heavy atom. The van der Waals surface area contributed by atoms with E-state index in [0.717, 1.165) is 31.4 Å². The van der Waals surface area contributed by atoms with Gasteiger partial charge in [0.2, 0.25) is 5.91 Å². The van der Waals surface area contributed by atoms with Crippen molar-refractivity contribution >= 4 is 39.1 Å². The van der Waals surface area contributed by atoms with Gasteiger partial charge in [-0.15, -0.1) is 11.3 Å². The van der Waals surface area contributed by atoms with Gasteiger partial charge >= 0.3 is 0 Å². The fourth-order valence-corrected chi connectivity index (χ4v) is 5.56. The highest BCUT2D eigenvalue weighted by Gasteiger charge is 2.43. The van der Waals surface area contributed by atoms with Gasteiger partial charge in [0.05, 0.1) is 40.5 Å². The van der Waals surface area contributed by atoms with Crippen LogP contribution in [0, 0.1) is 0 Å². The summed E-state index contributed by atoms with van der Waals surface area (Å²) in [6.07, 6.45) is 2.16. The molecule has 1 atom stereocenters. The highest BCUT2D eigenvalue weighted by atomic mass is 32.1. The number of para-hydroxylation sites is 1. The van der Waals surface area contributed by atoms with Crippen molar-refractivity contribution in [2.75, 3.05) is 25.1 Å². The summed E-state index contributed by atoms with van der Waals surface area (Å²) in [5.74, 6) is 0.863. The normalized spacial score (nSPS) is 21.0. The van der Waals surface area contributed by atoms with Crippen LogP contribution >= 0.6 is 11.3 Å². The number of hydrogen-bond acceptors (Lipinski definition) is 6. The molecule has 0 spiro atoms. The molecule has 0 saturated carbocycles. The van der Waals surface area contributed by atoms with Gasteiger partial charge in [-0.2, -0.15) is 0 Å². The minimum absolute atomic E-state index is 0.122. The Hall–Kier alpha value is -2.77. The topological polar surface area (TPSA) is 62.7 Å². The van der Waals surface area contributed by atoms with Crippen LogP contribution in [0.3, 0.4) is 0 Å². The van der Waals surface area contributed by atoms with Crippen LogP contribution in [0.4, 0.5) is 5.69 Å². The lowest BCUT2D eigenvalue weighted by Gasteiger charge is -2.34. The first-order valence-corrected chi connectivity index (χ1v) is 11.1. The van der Waals surface area contributed by atoms with Crippen LogP contribution in [0.15, 0.2) is 48.5 Å². The number of hydrogen-bond donors (Lipinski definition) is 0. The second-order valence-electron chi connectivity index (χ2n) is 7.82. The molecule has 0 radical (unpaired) electrons. The third-order valence-electron chi connectivity index (χ3n) is 6.08. The zero-order valence-electron chi connectivity index (χ0n) is 16.8. The lowest BCUT2D eigenvalue weighted by Crippen LogP contribution is -2.45. The molecule has 2 saturated heterocycles. The van der Waals surface area contributed by atoms with Crippen molar-refractivity contribution in [1.29, 1.82) is 0 Å². The minimum atomic E-state index is -0.365. The molecule has 0 aliphatic carbocycles. The largest absolute Gasteiger partial charge is 0.497 e. The molecule has 30 heavy (non-hydrogen) atoms. The number of carbonyl (C=O) groups is 2. The number of imide groups is 1. The summed E-state index contributed by atoms with van der Waals surface area (Å²) in [5, 5.41) is 1.18. The number of benzene rings is 2. The molecule has 5 rings (SSSR count). The third-order valence-corrected chi connectivity index (χ3v) is 7.28. The first kappa shape index (κ1) is 19.2. The molecule has 6 nitrogen and oxygen atoms in total. The average molecular weight is 422 g/mol. The molecule has 0 unspecified atom stereocenters. The van der Waals surface area contributed by atoms with Crippen LogP contribution in [-0.4, -0.2) is 47.9 Å². The van der Waals surface area contributed by atoms with Gasteiger partial charge in [-0.05, 0) is 62.3 Å². The quantitative estimate of drug-likeness (QED) is 0.600. The summed E-state index contributed by atoms with van der Waals surface area (Å²) in [6, 6.07) is 14.9. The standard InChI is InChI=1S/C23H23N3O3S/c1-29-17-8-6-16(7-9-17)26-21(27)14-19(23(26)28)25-12-10-15(11-13-25)22-24-18-4-2-3-5-20(18)30-22/h2-9,15,19H,10-14H2,1H3/t19-/m1/s1. The van der Waals surface area contributed by atoms with E-state index >= 15 is 0 Å². The molecule has 0 bridgehead atoms. The smallest absolute Gasteiger partial charge is 0.251 e. The van der Waals surface area contributed by atoms with Crippen LogP contribution in [0.1, 0.15) is 30.2 Å². The highest BCUT2D eigenvalue weighted by Crippen LogP contribution is 2.36. The second kappa shape index (κ2) is 7.81. The Kier molecular flexibility index (Phi) is 5.00. The number of amides is 2. The molecule has 2 amide bonds. The molecule has 0 N–H and O–H groups in total. The SMILES string of the molecule is COc1ccc(N2C(=O)C[C@@H](N3CCC(c4nc5ccccc5s4)CC3)C2=O)cc1. The summed E-state index contributed by atoms with van der Waals surface area (Å²) in [4.78, 5) is 34.0. The van der Waals surface area contributed by atoms with Gasteiger partial charge < -0.3 is 4.74 Å². The maximum Gasteiger partial charge on any atom is 0.251 e. The first-order chi connectivity index (χ1) is 14.6. The minimum Gasteiger partial charge on any atom is -0.497 e. The summed E-state index contributed by atoms with van der Waals surface area (Å²) >= 11 is 1.77. The third kappa shape index (κ3) is 3.38. The van der Waals surface area contributed by atoms with Crippen molar-refractivity contribution in [2.45, 2.75) is 31.2 Å². The van der Waals surface area contributed by atoms with E-state index in [9.17, 15) is 9.59 Å². The average Bonchev–Trinajstić information content (AvgIpc) is 3.34. The number of rotatable bonds is 4. The van der Waals surface area contributed by atoms with E-state index in [0.29, 0.717) is 17.4 Å². The van der Waals surface area contributed by atoms with Crippen molar-refractivity contribution in [3.05, 3.63) is 53.5 Å². The molecule has 2 fully saturated rings. The Morgan fingerprint density at radius 3 is 2.47 bits per heavy atom. The fraction of sp³-hybridized carbons (Fsp3) is 0.348. The van der Waals surface area contributed by atoms with E-state index in [-0.39, 0.29) is 24.3 Å². The lowest BCUT2D eigenvalue weighted by molar-refractivity contribution is -0.123. The molecule has 3 aromatic rings. The Balaban J connectivity index is 1.26. The van der Waals surface area contributed by atoms with Crippen LogP contribution < -0.4 is 9.64 Å². The van der Waals surface area contributed by atoms with Crippen molar-refractivity contribution in [2.24, 2.45) is 0 Å². The van der Waals surface area contributed by atoms with Gasteiger partial charge in [0, 0.05) is 5.92 Å². The van der Waals surface area contributed by atoms with Gasteiger partial charge in [-0.3, -0.25) is 14.5 Å². The van der Waals surface area contributed by atoms with Crippen molar-refractivity contribution < 1.29 is 14.3 Å². The Labute approximate surface area is 179 Å². The molecular formula is C23H23N3O3S. The number of nitrogens with zero attached hydrogens (tertiary/aromatic N) is 3. The molecule has 2 aliphatic rings. The van der Waals surface area contributed by atoms with E-state index < -0.39 is 0 Å². The van der Waals surface area contributed by atoms with E-state index in [4.69, 9.17) is 9.72 Å². The monoisotopic (exact) mass is 421 g/mol. The zero-order chi connectivity index (χ0) is 20.7. The van der Waals surface area contributed by atoms with Crippen LogP contribution in [0.5, 0.6) is 5.75 Å². The number of carbonyl (C=O) groups excluding carboxylic acids is 2. The summed E-state index contributed by atoms with van der Waals surface area (Å²) in [7, 11) is 1.59. The van der Waals surface area contributed by atoms with Gasteiger partial charge in [0.15, 0.2) is 0 Å². The number of ether oxygens (including phenoxy) is 1. The van der Waals surface area contributed by atoms with E-state index in [2.05, 4.69) is 17.0 Å². The van der Waals surface area contributed by atoms with Gasteiger partial charge in [0.1, 0.15) is 5.75 Å². The summed E-state index contributed by atoms with van der Waals surface area (Å²) in [5.41, 5.74) is 1.67. The second-order valence-corrected chi connectivity index (χ2v) is 8.88. The van der Waals surface area contributed by atoms with Crippen LogP contribution in [-0.2, 0) is 9.59 Å². The fourth-order valence-electron chi connectivity index (χ4n) is 4.43. The summed E-state index contributed by atoms with van der Waals surface area (Å²) < 4.78 is 6.39. The van der Waals surface area contributed by atoms with E-state index in [1.54, 1.807) is 42.7 Å². The van der Waals surface area contributed by atoms with E-state index in [1.807, 2.05) is 12.1 Å². The predicted molar refractivity (Wildman–Crippen MR) is 117 cm³/mol. The van der Waals surface area contributed by atoms with Gasteiger partial charge in [-0.25, -0.2) is 9.88 Å². The molecular weight excluding hydrogens is 398 g/mol. The number of methoxy groups -OCH3 is 1. The summed E-state index contributed by atoms with van der Waals surface area (Å²) in [6.45, 7) is 1.61. The number of piperidine rings is 1. The molecule has 2 aromatic carbocycles. The van der Waals surface area contributed by atoms with Crippen LogP contribution in [0.25, 0.3) is 10.2 Å². The number of aromatic nitrogens is 1. The van der Waals surface area contributed by atoms with Crippen molar-refractivity contribution in [3.8, 4) is 5.75 Å². The number of likely N-dealkylation sites (tertiary alicyclic amines) is 1. The van der Waals surface area contributed by atoms with Crippen LogP contribution in [0.2, 0.25) is 0 Å². The molecule has 2 aliphatic heterocycles. The van der Waals surface area contributed by atoms with Gasteiger partial charge in [0.25, 0.3) is 5.91 Å². The molecule has 7 heteroatoms. The maximum absolute atomic E-state index is 13.1. The molecule has 154 valence electrons. The Morgan fingerprint density at radius 2 is 1.77 bits per heavy atom. The lowest BCUT2D eigenvalue weighted by atomic mass is 9.96. The molecule has 3 heterocycles. The predicted octanol–water partition coefficient (Wildman–Crippen LogP) is 3.82. The Bertz CT molecular complexity index is 1050. The van der Waals surface area contributed by atoms with Gasteiger partial charge in [-0.1, -0.05) is 12.1 Å². The maximum atomic E-state index is 13.1. The van der Waals surface area contributed by atoms with E-state index in [1.165, 1.54) is 14.6 Å². The van der Waals surface area contributed by atoms with Crippen molar-refractivity contribution in [1.82, 2.24) is 9.88 Å². The molecule has 1 aromatic heterocycles. The highest BCUT2D eigenvalue weighted by molar-refractivity contribution is 7.18. The zero-order valence-corrected chi connectivity index (χ0v) is 17.6. The number of fused-ring (bicyclic) bond motifs is 1.